The monoisotopic (exact) mass is 398 g/mol. The lowest BCUT2D eigenvalue weighted by Crippen LogP contribution is -2.32. The SMILES string of the molecule is COc1ccccc1CN(CC(=O)Nc1c(C)nn(C)c1C)Cc1cccs1. The summed E-state index contributed by atoms with van der Waals surface area (Å²) in [7, 11) is 3.55. The number of hydrogen-bond donors (Lipinski definition) is 1. The standard InChI is InChI=1S/C21H26N4O2S/c1-15-21(16(2)24(3)23-15)22-20(26)14-25(13-18-9-7-11-28-18)12-17-8-5-6-10-19(17)27-4/h5-11H,12-14H2,1-4H3,(H,22,26). The Morgan fingerprint density at radius 2 is 2.00 bits per heavy atom. The van der Waals surface area contributed by atoms with E-state index < -0.39 is 0 Å². The fraction of sp³-hybridized carbons (Fsp3) is 0.333. The lowest BCUT2D eigenvalue weighted by molar-refractivity contribution is -0.117. The molecule has 7 heteroatoms. The third-order valence-corrected chi connectivity index (χ3v) is 5.55. The fourth-order valence-electron chi connectivity index (χ4n) is 3.20. The number of anilines is 1. The van der Waals surface area contributed by atoms with Crippen LogP contribution in [0.3, 0.4) is 0 Å². The van der Waals surface area contributed by atoms with Crippen molar-refractivity contribution in [2.24, 2.45) is 7.05 Å². The molecule has 0 bridgehead atoms. The maximum absolute atomic E-state index is 12.8. The quantitative estimate of drug-likeness (QED) is 0.628. The Balaban J connectivity index is 1.75. The van der Waals surface area contributed by atoms with Gasteiger partial charge in [0.2, 0.25) is 5.91 Å². The molecular formula is C21H26N4O2S. The number of carbonyl (C=O) groups is 1. The van der Waals surface area contributed by atoms with Crippen LogP contribution in [-0.2, 0) is 24.9 Å². The summed E-state index contributed by atoms with van der Waals surface area (Å²) in [5, 5.41) is 9.45. The topological polar surface area (TPSA) is 59.4 Å². The predicted molar refractivity (Wildman–Crippen MR) is 113 cm³/mol. The first-order chi connectivity index (χ1) is 13.5. The number of methoxy groups -OCH3 is 1. The van der Waals surface area contributed by atoms with Crippen LogP contribution in [-0.4, -0.2) is 34.2 Å². The van der Waals surface area contributed by atoms with Crippen LogP contribution in [0.1, 0.15) is 21.8 Å². The molecule has 0 aliphatic rings. The molecule has 1 amide bonds. The molecule has 148 valence electrons. The molecule has 2 aromatic heterocycles. The average molecular weight is 399 g/mol. The Morgan fingerprint density at radius 3 is 2.64 bits per heavy atom. The first-order valence-electron chi connectivity index (χ1n) is 9.14. The summed E-state index contributed by atoms with van der Waals surface area (Å²) in [5.41, 5.74) is 3.62. The van der Waals surface area contributed by atoms with E-state index in [9.17, 15) is 4.79 Å². The molecule has 0 fully saturated rings. The van der Waals surface area contributed by atoms with Crippen molar-refractivity contribution in [3.63, 3.8) is 0 Å². The van der Waals surface area contributed by atoms with E-state index in [0.717, 1.165) is 28.4 Å². The molecule has 3 rings (SSSR count). The first-order valence-corrected chi connectivity index (χ1v) is 10.0. The summed E-state index contributed by atoms with van der Waals surface area (Å²) in [6, 6.07) is 12.0. The molecule has 0 aliphatic carbocycles. The van der Waals surface area contributed by atoms with E-state index in [1.807, 2.05) is 51.2 Å². The number of carbonyl (C=O) groups excluding carboxylic acids is 1. The maximum atomic E-state index is 12.8. The molecule has 3 aromatic rings. The lowest BCUT2D eigenvalue weighted by Gasteiger charge is -2.22. The molecule has 0 spiro atoms. The Kier molecular flexibility index (Phi) is 6.49. The zero-order chi connectivity index (χ0) is 20.1. The number of amides is 1. The molecule has 6 nitrogen and oxygen atoms in total. The number of aryl methyl sites for hydroxylation is 2. The molecule has 0 aliphatic heterocycles. The largest absolute Gasteiger partial charge is 0.496 e. The van der Waals surface area contributed by atoms with Gasteiger partial charge in [-0.05, 0) is 31.4 Å². The van der Waals surface area contributed by atoms with Gasteiger partial charge < -0.3 is 10.1 Å². The maximum Gasteiger partial charge on any atom is 0.238 e. The lowest BCUT2D eigenvalue weighted by atomic mass is 10.2. The van der Waals surface area contributed by atoms with E-state index in [4.69, 9.17) is 4.74 Å². The van der Waals surface area contributed by atoms with E-state index >= 15 is 0 Å². The van der Waals surface area contributed by atoms with Crippen molar-refractivity contribution in [3.05, 3.63) is 63.6 Å². The van der Waals surface area contributed by atoms with Crippen LogP contribution < -0.4 is 10.1 Å². The zero-order valence-corrected chi connectivity index (χ0v) is 17.5. The van der Waals surface area contributed by atoms with Gasteiger partial charge in [0.25, 0.3) is 0 Å². The van der Waals surface area contributed by atoms with Gasteiger partial charge in [-0.1, -0.05) is 24.3 Å². The number of rotatable bonds is 8. The smallest absolute Gasteiger partial charge is 0.238 e. The second-order valence-electron chi connectivity index (χ2n) is 6.75. The van der Waals surface area contributed by atoms with Crippen LogP contribution >= 0.6 is 11.3 Å². The van der Waals surface area contributed by atoms with Crippen LogP contribution in [0.2, 0.25) is 0 Å². The van der Waals surface area contributed by atoms with Crippen LogP contribution in [0.5, 0.6) is 5.75 Å². The Labute approximate surface area is 169 Å². The van der Waals surface area contributed by atoms with Gasteiger partial charge >= 0.3 is 0 Å². The zero-order valence-electron chi connectivity index (χ0n) is 16.7. The summed E-state index contributed by atoms with van der Waals surface area (Å²) < 4.78 is 7.26. The highest BCUT2D eigenvalue weighted by Gasteiger charge is 2.17. The van der Waals surface area contributed by atoms with Gasteiger partial charge in [-0.15, -0.1) is 11.3 Å². The van der Waals surface area contributed by atoms with Crippen molar-refractivity contribution < 1.29 is 9.53 Å². The van der Waals surface area contributed by atoms with E-state index in [-0.39, 0.29) is 12.5 Å². The normalized spacial score (nSPS) is 11.0. The number of hydrogen-bond acceptors (Lipinski definition) is 5. The molecule has 1 N–H and O–H groups in total. The molecule has 0 atom stereocenters. The van der Waals surface area contributed by atoms with Crippen molar-refractivity contribution in [2.45, 2.75) is 26.9 Å². The minimum absolute atomic E-state index is 0.0503. The van der Waals surface area contributed by atoms with Crippen molar-refractivity contribution in [3.8, 4) is 5.75 Å². The van der Waals surface area contributed by atoms with E-state index in [1.54, 1.807) is 23.1 Å². The summed E-state index contributed by atoms with van der Waals surface area (Å²) in [4.78, 5) is 16.1. The molecular weight excluding hydrogens is 372 g/mol. The minimum atomic E-state index is -0.0503. The van der Waals surface area contributed by atoms with Gasteiger partial charge in [0.05, 0.1) is 30.7 Å². The molecule has 0 saturated carbocycles. The van der Waals surface area contributed by atoms with Crippen molar-refractivity contribution in [2.75, 3.05) is 19.0 Å². The van der Waals surface area contributed by atoms with Gasteiger partial charge in [0, 0.05) is 30.6 Å². The Bertz CT molecular complexity index is 934. The summed E-state index contributed by atoms with van der Waals surface area (Å²) in [6.07, 6.45) is 0. The van der Waals surface area contributed by atoms with Gasteiger partial charge in [0.15, 0.2) is 0 Å². The number of ether oxygens (including phenoxy) is 1. The van der Waals surface area contributed by atoms with E-state index in [1.165, 1.54) is 4.88 Å². The highest BCUT2D eigenvalue weighted by Crippen LogP contribution is 2.22. The van der Waals surface area contributed by atoms with Gasteiger partial charge in [0.1, 0.15) is 5.75 Å². The van der Waals surface area contributed by atoms with Crippen molar-refractivity contribution >= 4 is 22.9 Å². The van der Waals surface area contributed by atoms with Crippen LogP contribution in [0, 0.1) is 13.8 Å². The Hall–Kier alpha value is -2.64. The van der Waals surface area contributed by atoms with Crippen molar-refractivity contribution in [1.82, 2.24) is 14.7 Å². The van der Waals surface area contributed by atoms with Gasteiger partial charge in [-0.25, -0.2) is 0 Å². The second kappa shape index (κ2) is 9.03. The molecule has 0 radical (unpaired) electrons. The van der Waals surface area contributed by atoms with Gasteiger partial charge in [-0.2, -0.15) is 5.10 Å². The molecule has 0 unspecified atom stereocenters. The predicted octanol–water partition coefficient (Wildman–Crippen LogP) is 3.75. The number of aromatic nitrogens is 2. The summed E-state index contributed by atoms with van der Waals surface area (Å²) in [5.74, 6) is 0.781. The third kappa shape index (κ3) is 4.79. The second-order valence-corrected chi connectivity index (χ2v) is 7.79. The molecule has 2 heterocycles. The fourth-order valence-corrected chi connectivity index (χ4v) is 3.95. The molecule has 1 aromatic carbocycles. The Morgan fingerprint density at radius 1 is 1.21 bits per heavy atom. The highest BCUT2D eigenvalue weighted by molar-refractivity contribution is 7.09. The highest BCUT2D eigenvalue weighted by atomic mass is 32.1. The average Bonchev–Trinajstić information content (AvgIpc) is 3.26. The molecule has 0 saturated heterocycles. The minimum Gasteiger partial charge on any atom is -0.496 e. The van der Waals surface area contributed by atoms with E-state index in [2.05, 4.69) is 26.8 Å². The number of nitrogens with zero attached hydrogens (tertiary/aromatic N) is 3. The number of benzene rings is 1. The van der Waals surface area contributed by atoms with Crippen molar-refractivity contribution in [1.29, 1.82) is 0 Å². The summed E-state index contributed by atoms with van der Waals surface area (Å²) in [6.45, 7) is 5.47. The number of para-hydroxylation sites is 1. The first kappa shape index (κ1) is 20.1. The van der Waals surface area contributed by atoms with Gasteiger partial charge in [-0.3, -0.25) is 14.4 Å². The van der Waals surface area contributed by atoms with E-state index in [0.29, 0.717) is 13.1 Å². The van der Waals surface area contributed by atoms with Crippen LogP contribution in [0.25, 0.3) is 0 Å². The number of thiophene rings is 1. The summed E-state index contributed by atoms with van der Waals surface area (Å²) >= 11 is 1.69. The van der Waals surface area contributed by atoms with Crippen LogP contribution in [0.15, 0.2) is 41.8 Å². The molecule has 28 heavy (non-hydrogen) atoms. The number of nitrogens with one attached hydrogen (secondary N) is 1. The third-order valence-electron chi connectivity index (χ3n) is 4.69. The van der Waals surface area contributed by atoms with Crippen LogP contribution in [0.4, 0.5) is 5.69 Å².